The predicted octanol–water partition coefficient (Wildman–Crippen LogP) is 1.98. The van der Waals surface area contributed by atoms with E-state index < -0.39 is 8.03 Å². The van der Waals surface area contributed by atoms with Gasteiger partial charge in [0.05, 0.1) is 0 Å². The van der Waals surface area contributed by atoms with Crippen molar-refractivity contribution in [1.29, 1.82) is 0 Å². The third kappa shape index (κ3) is 8.61. The van der Waals surface area contributed by atoms with E-state index in [9.17, 15) is 4.57 Å². The van der Waals surface area contributed by atoms with Gasteiger partial charge in [-0.05, 0) is 41.7 Å². The molecule has 2 atom stereocenters. The van der Waals surface area contributed by atoms with E-state index in [2.05, 4.69) is 37.3 Å². The van der Waals surface area contributed by atoms with Crippen molar-refractivity contribution in [2.24, 2.45) is 0 Å². The SMILES string of the molecule is CCCCC(CCCC[P+](=O)O)c1ccccc1.[H-].[Li+]. The second-order valence-corrected chi connectivity index (χ2v) is 5.97. The van der Waals surface area contributed by atoms with Gasteiger partial charge < -0.3 is 1.43 Å². The summed E-state index contributed by atoms with van der Waals surface area (Å²) in [5.74, 6) is 0.614. The molecule has 1 N–H and O–H groups in total. The number of hydrogen-bond acceptors (Lipinski definition) is 1. The predicted molar refractivity (Wildman–Crippen MR) is 78.4 cm³/mol. The molecule has 0 radical (unpaired) electrons. The largest absolute Gasteiger partial charge is 1.00 e. The summed E-state index contributed by atoms with van der Waals surface area (Å²) >= 11 is 0. The first-order chi connectivity index (χ1) is 8.74. The quantitative estimate of drug-likeness (QED) is 0.425. The Bertz CT molecular complexity index is 349. The first kappa shape index (κ1) is 18.9. The molecule has 1 aromatic carbocycles. The zero-order chi connectivity index (χ0) is 13.2. The average molecular weight is 275 g/mol. The number of hydrogen-bond donors (Lipinski definition) is 1. The molecular weight excluding hydrogens is 250 g/mol. The maximum atomic E-state index is 10.6. The van der Waals surface area contributed by atoms with Crippen LogP contribution >= 0.6 is 8.03 Å². The van der Waals surface area contributed by atoms with Crippen LogP contribution in [0.1, 0.15) is 58.4 Å². The Labute approximate surface area is 131 Å². The van der Waals surface area contributed by atoms with E-state index in [1.54, 1.807) is 0 Å². The number of benzene rings is 1. The molecular formula is C15H25LiO2P+. The second kappa shape index (κ2) is 11.7. The van der Waals surface area contributed by atoms with Gasteiger partial charge in [0.2, 0.25) is 0 Å². The minimum absolute atomic E-state index is 0. The fourth-order valence-corrected chi connectivity index (χ4v) is 2.79. The third-order valence-electron chi connectivity index (χ3n) is 3.33. The summed E-state index contributed by atoms with van der Waals surface area (Å²) in [5.41, 5.74) is 1.42. The maximum Gasteiger partial charge on any atom is 1.00 e. The van der Waals surface area contributed by atoms with Gasteiger partial charge in [-0.1, -0.05) is 50.1 Å². The van der Waals surface area contributed by atoms with Crippen LogP contribution in [-0.4, -0.2) is 11.1 Å². The monoisotopic (exact) mass is 275 g/mol. The standard InChI is InChI=1S/C15H23O2P.Li.H/c1-2-3-9-14(12-7-8-13-18(16)17)15-10-5-4-6-11-15;;/h4-6,10-11,14H,2-3,7-9,12-13H2,1H3;;/q;+1;-1/p+1. The molecule has 0 aliphatic heterocycles. The van der Waals surface area contributed by atoms with Crippen LogP contribution in [0.4, 0.5) is 0 Å². The van der Waals surface area contributed by atoms with E-state index >= 15 is 0 Å². The van der Waals surface area contributed by atoms with Crippen LogP contribution in [0, 0.1) is 0 Å². The molecule has 102 valence electrons. The van der Waals surface area contributed by atoms with Crippen molar-refractivity contribution in [2.45, 2.75) is 51.4 Å². The van der Waals surface area contributed by atoms with Crippen LogP contribution < -0.4 is 18.9 Å². The summed E-state index contributed by atoms with van der Waals surface area (Å²) in [6.07, 6.45) is 7.20. The molecule has 4 heteroatoms. The molecule has 0 aromatic heterocycles. The molecule has 0 spiro atoms. The fraction of sp³-hybridized carbons (Fsp3) is 0.600. The van der Waals surface area contributed by atoms with Crippen LogP contribution in [0.2, 0.25) is 0 Å². The summed E-state index contributed by atoms with van der Waals surface area (Å²) in [7, 11) is -1.95. The Balaban J connectivity index is 0. The van der Waals surface area contributed by atoms with Crippen molar-refractivity contribution in [3.8, 4) is 0 Å². The number of unbranched alkanes of at least 4 members (excludes halogenated alkanes) is 2. The third-order valence-corrected chi connectivity index (χ3v) is 4.03. The molecule has 0 heterocycles. The van der Waals surface area contributed by atoms with Gasteiger partial charge in [0.25, 0.3) is 0 Å². The van der Waals surface area contributed by atoms with E-state index in [1.807, 2.05) is 0 Å². The summed E-state index contributed by atoms with van der Waals surface area (Å²) in [6, 6.07) is 10.6. The van der Waals surface area contributed by atoms with Crippen molar-refractivity contribution in [3.05, 3.63) is 35.9 Å². The zero-order valence-corrected chi connectivity index (χ0v) is 13.1. The van der Waals surface area contributed by atoms with Gasteiger partial charge in [0, 0.05) is 0 Å². The van der Waals surface area contributed by atoms with Crippen molar-refractivity contribution >= 4 is 8.03 Å². The molecule has 1 rings (SSSR count). The van der Waals surface area contributed by atoms with Crippen LogP contribution in [0.25, 0.3) is 0 Å². The van der Waals surface area contributed by atoms with Crippen LogP contribution in [-0.2, 0) is 4.57 Å². The number of rotatable bonds is 9. The summed E-state index contributed by atoms with van der Waals surface area (Å²) < 4.78 is 10.6. The van der Waals surface area contributed by atoms with E-state index in [-0.39, 0.29) is 20.3 Å². The van der Waals surface area contributed by atoms with E-state index in [0.29, 0.717) is 12.1 Å². The minimum Gasteiger partial charge on any atom is -1.00 e. The molecule has 2 unspecified atom stereocenters. The Morgan fingerprint density at radius 2 is 1.79 bits per heavy atom. The molecule has 0 amide bonds. The molecule has 0 saturated carbocycles. The first-order valence-corrected chi connectivity index (χ1v) is 8.32. The Morgan fingerprint density at radius 3 is 2.37 bits per heavy atom. The van der Waals surface area contributed by atoms with Crippen molar-refractivity contribution < 1.29 is 29.7 Å². The smallest absolute Gasteiger partial charge is 1.00 e. The molecule has 0 fully saturated rings. The van der Waals surface area contributed by atoms with Crippen LogP contribution in [0.3, 0.4) is 0 Å². The molecule has 2 nitrogen and oxygen atoms in total. The summed E-state index contributed by atoms with van der Waals surface area (Å²) in [4.78, 5) is 8.79. The molecule has 0 aliphatic carbocycles. The normalized spacial score (nSPS) is 12.6. The molecule has 19 heavy (non-hydrogen) atoms. The van der Waals surface area contributed by atoms with Gasteiger partial charge >= 0.3 is 26.9 Å². The van der Waals surface area contributed by atoms with Crippen molar-refractivity contribution in [1.82, 2.24) is 0 Å². The molecule has 0 bridgehead atoms. The Hall–Kier alpha value is -0.123. The first-order valence-electron chi connectivity index (χ1n) is 6.92. The molecule has 0 aliphatic rings. The van der Waals surface area contributed by atoms with Gasteiger partial charge in [0.15, 0.2) is 6.16 Å². The molecule has 0 saturated heterocycles. The summed E-state index contributed by atoms with van der Waals surface area (Å²) in [5, 5.41) is 0. The van der Waals surface area contributed by atoms with E-state index in [1.165, 1.54) is 24.8 Å². The van der Waals surface area contributed by atoms with E-state index in [0.717, 1.165) is 19.3 Å². The van der Waals surface area contributed by atoms with Crippen LogP contribution in [0.5, 0.6) is 0 Å². The minimum atomic E-state index is -1.95. The van der Waals surface area contributed by atoms with Crippen molar-refractivity contribution in [3.63, 3.8) is 0 Å². The fourth-order valence-electron chi connectivity index (χ4n) is 2.29. The van der Waals surface area contributed by atoms with Gasteiger partial charge in [-0.15, -0.1) is 0 Å². The van der Waals surface area contributed by atoms with Gasteiger partial charge in [-0.25, -0.2) is 0 Å². The average Bonchev–Trinajstić information content (AvgIpc) is 2.38. The second-order valence-electron chi connectivity index (χ2n) is 4.82. The topological polar surface area (TPSA) is 37.3 Å². The summed E-state index contributed by atoms with van der Waals surface area (Å²) in [6.45, 7) is 2.22. The van der Waals surface area contributed by atoms with Crippen LogP contribution in [0.15, 0.2) is 30.3 Å². The van der Waals surface area contributed by atoms with Gasteiger partial charge in [0.1, 0.15) is 0 Å². The molecule has 1 aromatic rings. The maximum absolute atomic E-state index is 10.6. The van der Waals surface area contributed by atoms with Crippen molar-refractivity contribution in [2.75, 3.05) is 6.16 Å². The van der Waals surface area contributed by atoms with E-state index in [4.69, 9.17) is 4.89 Å². The zero-order valence-electron chi connectivity index (χ0n) is 13.2. The Kier molecular flexibility index (Phi) is 11.6. The van der Waals surface area contributed by atoms with Gasteiger partial charge in [-0.2, -0.15) is 4.89 Å². The van der Waals surface area contributed by atoms with Gasteiger partial charge in [-0.3, -0.25) is 0 Å². The Morgan fingerprint density at radius 1 is 1.16 bits per heavy atom.